The van der Waals surface area contributed by atoms with E-state index in [-0.39, 0.29) is 0 Å². The Morgan fingerprint density at radius 1 is 1.30 bits per heavy atom. The first-order valence-electron chi connectivity index (χ1n) is 3.47. The highest BCUT2D eigenvalue weighted by atomic mass is 15.0. The maximum Gasteiger partial charge on any atom is 0.0806 e. The molecule has 0 saturated carbocycles. The molecule has 0 saturated heterocycles. The molecule has 1 aromatic rings. The summed E-state index contributed by atoms with van der Waals surface area (Å²) in [6.45, 7) is 1.87. The number of nitrogens with one attached hydrogen (secondary N) is 1. The molecule has 0 bridgehead atoms. The van der Waals surface area contributed by atoms with Crippen LogP contribution in [0.2, 0.25) is 0 Å². The molecule has 0 amide bonds. The van der Waals surface area contributed by atoms with Crippen LogP contribution in [0.5, 0.6) is 0 Å². The van der Waals surface area contributed by atoms with Gasteiger partial charge in [-0.1, -0.05) is 12.1 Å². The van der Waals surface area contributed by atoms with Crippen molar-refractivity contribution in [2.45, 2.75) is 0 Å². The van der Waals surface area contributed by atoms with Gasteiger partial charge in [0.15, 0.2) is 0 Å². The molecule has 1 aliphatic heterocycles. The normalized spacial score (nSPS) is 14.8. The Balaban J connectivity index is 2.41. The van der Waals surface area contributed by atoms with E-state index in [1.54, 1.807) is 0 Å². The van der Waals surface area contributed by atoms with Crippen LogP contribution in [0.4, 0.5) is 11.4 Å². The zero-order chi connectivity index (χ0) is 6.81. The molecule has 1 N–H and O–H groups in total. The topological polar surface area (TPSA) is 26.1 Å². The lowest BCUT2D eigenvalue weighted by molar-refractivity contribution is 0.836. The second kappa shape index (κ2) is 2.21. The molecule has 1 radical (unpaired) electrons. The van der Waals surface area contributed by atoms with E-state index < -0.39 is 0 Å². The van der Waals surface area contributed by atoms with Crippen molar-refractivity contribution in [3.63, 3.8) is 0 Å². The standard InChI is InChI=1S/C8H9N2/c1-2-4-8-7(3-1)9-5-6-10-8/h1-4,9H,5-6H2. The Bertz CT molecular complexity index is 207. The van der Waals surface area contributed by atoms with Crippen LogP contribution in [-0.2, 0) is 0 Å². The number of hydrogen-bond donors (Lipinski definition) is 1. The fourth-order valence-electron chi connectivity index (χ4n) is 1.13. The summed E-state index contributed by atoms with van der Waals surface area (Å²) in [6, 6.07) is 8.11. The highest BCUT2D eigenvalue weighted by molar-refractivity contribution is 5.65. The zero-order valence-corrected chi connectivity index (χ0v) is 5.67. The van der Waals surface area contributed by atoms with E-state index in [4.69, 9.17) is 0 Å². The van der Waals surface area contributed by atoms with Gasteiger partial charge in [-0.25, -0.2) is 0 Å². The molecule has 2 heteroatoms. The molecule has 0 unspecified atom stereocenters. The Labute approximate surface area is 60.3 Å². The monoisotopic (exact) mass is 133 g/mol. The van der Waals surface area contributed by atoms with Gasteiger partial charge in [-0.05, 0) is 12.1 Å². The molecular weight excluding hydrogens is 124 g/mol. The van der Waals surface area contributed by atoms with E-state index in [0.29, 0.717) is 0 Å². The van der Waals surface area contributed by atoms with E-state index in [9.17, 15) is 0 Å². The summed E-state index contributed by atoms with van der Waals surface area (Å²) in [5.74, 6) is 0. The summed E-state index contributed by atoms with van der Waals surface area (Å²) in [5.41, 5.74) is 2.25. The maximum atomic E-state index is 4.33. The fourth-order valence-corrected chi connectivity index (χ4v) is 1.13. The molecule has 1 aliphatic rings. The minimum atomic E-state index is 0.900. The second-order valence-electron chi connectivity index (χ2n) is 2.33. The molecule has 2 nitrogen and oxygen atoms in total. The first-order valence-corrected chi connectivity index (χ1v) is 3.47. The number of fused-ring (bicyclic) bond motifs is 1. The van der Waals surface area contributed by atoms with Crippen molar-refractivity contribution in [3.8, 4) is 0 Å². The van der Waals surface area contributed by atoms with Crippen LogP contribution in [0.25, 0.3) is 0 Å². The van der Waals surface area contributed by atoms with E-state index >= 15 is 0 Å². The van der Waals surface area contributed by atoms with Gasteiger partial charge in [0, 0.05) is 6.54 Å². The van der Waals surface area contributed by atoms with Crippen LogP contribution in [0.3, 0.4) is 0 Å². The maximum absolute atomic E-state index is 4.33. The van der Waals surface area contributed by atoms with Crippen LogP contribution < -0.4 is 10.6 Å². The highest BCUT2D eigenvalue weighted by Gasteiger charge is 2.05. The molecule has 0 aromatic heterocycles. The van der Waals surface area contributed by atoms with Crippen molar-refractivity contribution < 1.29 is 0 Å². The van der Waals surface area contributed by atoms with Gasteiger partial charge in [-0.3, -0.25) is 5.32 Å². The molecule has 51 valence electrons. The summed E-state index contributed by atoms with van der Waals surface area (Å²) in [7, 11) is 0. The Morgan fingerprint density at radius 2 is 2.20 bits per heavy atom. The van der Waals surface area contributed by atoms with E-state index in [1.165, 1.54) is 0 Å². The Hall–Kier alpha value is -1.18. The molecule has 0 aliphatic carbocycles. The first-order chi connectivity index (χ1) is 4.97. The van der Waals surface area contributed by atoms with Gasteiger partial charge in [0.1, 0.15) is 0 Å². The van der Waals surface area contributed by atoms with Gasteiger partial charge in [0.2, 0.25) is 0 Å². The van der Waals surface area contributed by atoms with Crippen molar-refractivity contribution in [1.82, 2.24) is 5.32 Å². The zero-order valence-electron chi connectivity index (χ0n) is 5.67. The molecule has 1 heterocycles. The van der Waals surface area contributed by atoms with Gasteiger partial charge in [-0.15, -0.1) is 0 Å². The predicted molar refractivity (Wildman–Crippen MR) is 41.6 cm³/mol. The van der Waals surface area contributed by atoms with Crippen LogP contribution in [0.1, 0.15) is 0 Å². The number of nitrogens with zero attached hydrogens (tertiary/aromatic N) is 1. The average molecular weight is 133 g/mol. The largest absolute Gasteiger partial charge is 0.381 e. The summed E-state index contributed by atoms with van der Waals surface area (Å²) in [5, 5.41) is 7.60. The second-order valence-corrected chi connectivity index (χ2v) is 2.33. The molecule has 0 atom stereocenters. The Kier molecular flexibility index (Phi) is 1.24. The summed E-state index contributed by atoms with van der Waals surface area (Å²) in [6.07, 6.45) is 0. The number of hydrogen-bond acceptors (Lipinski definition) is 1. The molecular formula is C8H9N2. The quantitative estimate of drug-likeness (QED) is 0.568. The minimum absolute atomic E-state index is 0.900. The third-order valence-electron chi connectivity index (χ3n) is 1.61. The van der Waals surface area contributed by atoms with Crippen molar-refractivity contribution in [1.29, 1.82) is 0 Å². The molecule has 1 aromatic carbocycles. The van der Waals surface area contributed by atoms with E-state index in [2.05, 4.69) is 16.7 Å². The van der Waals surface area contributed by atoms with Gasteiger partial charge < -0.3 is 5.32 Å². The molecule has 2 rings (SSSR count). The third-order valence-corrected chi connectivity index (χ3v) is 1.61. The fraction of sp³-hybridized carbons (Fsp3) is 0.250. The Morgan fingerprint density at radius 3 is 3.10 bits per heavy atom. The van der Waals surface area contributed by atoms with Gasteiger partial charge in [0.25, 0.3) is 0 Å². The lowest BCUT2D eigenvalue weighted by Gasteiger charge is -2.16. The summed E-state index contributed by atoms with van der Waals surface area (Å²) < 4.78 is 0. The van der Waals surface area contributed by atoms with Crippen LogP contribution >= 0.6 is 0 Å². The predicted octanol–water partition coefficient (Wildman–Crippen LogP) is 1.35. The van der Waals surface area contributed by atoms with Crippen LogP contribution in [-0.4, -0.2) is 13.1 Å². The lowest BCUT2D eigenvalue weighted by atomic mass is 10.2. The van der Waals surface area contributed by atoms with Crippen LogP contribution in [0.15, 0.2) is 24.3 Å². The molecule has 0 spiro atoms. The SMILES string of the molecule is c1ccc2c(c1)[N]CCN2. The molecule has 0 fully saturated rings. The average Bonchev–Trinajstić information content (AvgIpc) is 2.05. The van der Waals surface area contributed by atoms with Gasteiger partial charge >= 0.3 is 0 Å². The van der Waals surface area contributed by atoms with Crippen molar-refractivity contribution >= 4 is 11.4 Å². The van der Waals surface area contributed by atoms with Crippen molar-refractivity contribution in [2.24, 2.45) is 0 Å². The first kappa shape index (κ1) is 5.59. The number of anilines is 1. The van der Waals surface area contributed by atoms with Gasteiger partial charge in [-0.2, -0.15) is 0 Å². The highest BCUT2D eigenvalue weighted by Crippen LogP contribution is 2.22. The van der Waals surface area contributed by atoms with E-state index in [1.807, 2.05) is 18.2 Å². The number of para-hydroxylation sites is 2. The van der Waals surface area contributed by atoms with Crippen molar-refractivity contribution in [3.05, 3.63) is 24.3 Å². The molecule has 10 heavy (non-hydrogen) atoms. The summed E-state index contributed by atoms with van der Waals surface area (Å²) >= 11 is 0. The van der Waals surface area contributed by atoms with Gasteiger partial charge in [0.05, 0.1) is 17.9 Å². The minimum Gasteiger partial charge on any atom is -0.381 e. The van der Waals surface area contributed by atoms with Crippen LogP contribution in [0, 0.1) is 0 Å². The smallest absolute Gasteiger partial charge is 0.0806 e. The third kappa shape index (κ3) is 0.817. The number of benzene rings is 1. The van der Waals surface area contributed by atoms with E-state index in [0.717, 1.165) is 24.5 Å². The van der Waals surface area contributed by atoms with Crippen molar-refractivity contribution in [2.75, 3.05) is 18.4 Å². The number of rotatable bonds is 0. The lowest BCUT2D eigenvalue weighted by Crippen LogP contribution is -2.19. The summed E-state index contributed by atoms with van der Waals surface area (Å²) in [4.78, 5) is 0.